The summed E-state index contributed by atoms with van der Waals surface area (Å²) < 4.78 is 1.97. The van der Waals surface area contributed by atoms with Crippen LogP contribution in [0.15, 0.2) is 6.33 Å². The molecule has 0 aliphatic rings. The SMILES string of the molecule is CCC(CCN)CCc1ncnn1CC. The molecule has 4 nitrogen and oxygen atoms in total. The van der Waals surface area contributed by atoms with Crippen molar-refractivity contribution >= 4 is 0 Å². The van der Waals surface area contributed by atoms with E-state index in [1.165, 1.54) is 12.8 Å². The van der Waals surface area contributed by atoms with Crippen LogP contribution in [-0.2, 0) is 13.0 Å². The third kappa shape index (κ3) is 3.63. The molecule has 15 heavy (non-hydrogen) atoms. The van der Waals surface area contributed by atoms with Gasteiger partial charge in [-0.3, -0.25) is 4.68 Å². The highest BCUT2D eigenvalue weighted by Crippen LogP contribution is 2.14. The van der Waals surface area contributed by atoms with Gasteiger partial charge in [-0.2, -0.15) is 5.10 Å². The second-order valence-electron chi connectivity index (χ2n) is 3.88. The lowest BCUT2D eigenvalue weighted by molar-refractivity contribution is 0.432. The Hall–Kier alpha value is -0.900. The predicted molar refractivity (Wildman–Crippen MR) is 61.5 cm³/mol. The minimum absolute atomic E-state index is 0.733. The molecule has 0 spiro atoms. The molecule has 0 aliphatic heterocycles. The highest BCUT2D eigenvalue weighted by molar-refractivity contribution is 4.85. The highest BCUT2D eigenvalue weighted by atomic mass is 15.3. The molecule has 0 aliphatic carbocycles. The fourth-order valence-corrected chi connectivity index (χ4v) is 1.87. The molecule has 0 amide bonds. The van der Waals surface area contributed by atoms with Crippen molar-refractivity contribution in [2.45, 2.75) is 46.1 Å². The average Bonchev–Trinajstić information content (AvgIpc) is 2.71. The first-order chi connectivity index (χ1) is 7.31. The summed E-state index contributed by atoms with van der Waals surface area (Å²) in [4.78, 5) is 4.27. The monoisotopic (exact) mass is 210 g/mol. The molecule has 0 saturated carbocycles. The van der Waals surface area contributed by atoms with Crippen molar-refractivity contribution in [2.24, 2.45) is 11.7 Å². The molecule has 1 aromatic heterocycles. The Morgan fingerprint density at radius 2 is 2.20 bits per heavy atom. The molecule has 86 valence electrons. The van der Waals surface area contributed by atoms with Crippen molar-refractivity contribution < 1.29 is 0 Å². The Labute approximate surface area is 91.9 Å². The van der Waals surface area contributed by atoms with Crippen molar-refractivity contribution in [3.63, 3.8) is 0 Å². The van der Waals surface area contributed by atoms with Gasteiger partial charge in [0, 0.05) is 13.0 Å². The Balaban J connectivity index is 2.41. The molecule has 1 rings (SSSR count). The molecule has 4 heteroatoms. The molecule has 0 radical (unpaired) electrons. The average molecular weight is 210 g/mol. The van der Waals surface area contributed by atoms with Gasteiger partial charge in [-0.05, 0) is 32.2 Å². The standard InChI is InChI=1S/C11H22N4/c1-3-10(7-8-12)5-6-11-13-9-14-15(11)4-2/h9-10H,3-8,12H2,1-2H3. The van der Waals surface area contributed by atoms with Crippen LogP contribution in [0.4, 0.5) is 0 Å². The minimum Gasteiger partial charge on any atom is -0.330 e. The maximum absolute atomic E-state index is 5.58. The fourth-order valence-electron chi connectivity index (χ4n) is 1.87. The Kier molecular flexibility index (Phi) is 5.32. The van der Waals surface area contributed by atoms with Crippen LogP contribution < -0.4 is 5.73 Å². The van der Waals surface area contributed by atoms with E-state index in [0.717, 1.165) is 37.7 Å². The number of nitrogens with zero attached hydrogens (tertiary/aromatic N) is 3. The first-order valence-corrected chi connectivity index (χ1v) is 5.88. The number of hydrogen-bond donors (Lipinski definition) is 1. The summed E-state index contributed by atoms with van der Waals surface area (Å²) in [5.74, 6) is 1.84. The molecule has 0 aromatic carbocycles. The van der Waals surface area contributed by atoms with Crippen LogP contribution in [0.2, 0.25) is 0 Å². The molecule has 0 saturated heterocycles. The number of nitrogens with two attached hydrogens (primary N) is 1. The summed E-state index contributed by atoms with van der Waals surface area (Å²) in [6, 6.07) is 0. The maximum atomic E-state index is 5.58. The van der Waals surface area contributed by atoms with Crippen molar-refractivity contribution in [3.8, 4) is 0 Å². The van der Waals surface area contributed by atoms with E-state index >= 15 is 0 Å². The number of aromatic nitrogens is 3. The van der Waals surface area contributed by atoms with Gasteiger partial charge in [-0.15, -0.1) is 0 Å². The fraction of sp³-hybridized carbons (Fsp3) is 0.818. The van der Waals surface area contributed by atoms with Gasteiger partial charge in [-0.25, -0.2) is 4.98 Å². The van der Waals surface area contributed by atoms with Gasteiger partial charge in [0.15, 0.2) is 0 Å². The predicted octanol–water partition coefficient (Wildman–Crippen LogP) is 1.61. The zero-order valence-electron chi connectivity index (χ0n) is 9.82. The number of aryl methyl sites for hydroxylation is 2. The number of hydrogen-bond acceptors (Lipinski definition) is 3. The van der Waals surface area contributed by atoms with Gasteiger partial charge >= 0.3 is 0 Å². The lowest BCUT2D eigenvalue weighted by Crippen LogP contribution is -2.11. The summed E-state index contributed by atoms with van der Waals surface area (Å²) >= 11 is 0. The first-order valence-electron chi connectivity index (χ1n) is 5.88. The summed E-state index contributed by atoms with van der Waals surface area (Å²) in [7, 11) is 0. The second-order valence-corrected chi connectivity index (χ2v) is 3.88. The molecule has 0 fully saturated rings. The van der Waals surface area contributed by atoms with Gasteiger partial charge in [0.25, 0.3) is 0 Å². The van der Waals surface area contributed by atoms with E-state index in [2.05, 4.69) is 23.9 Å². The van der Waals surface area contributed by atoms with Crippen molar-refractivity contribution in [1.82, 2.24) is 14.8 Å². The smallest absolute Gasteiger partial charge is 0.138 e. The maximum Gasteiger partial charge on any atom is 0.138 e. The van der Waals surface area contributed by atoms with E-state index in [-0.39, 0.29) is 0 Å². The van der Waals surface area contributed by atoms with Crippen LogP contribution in [0.25, 0.3) is 0 Å². The second kappa shape index (κ2) is 6.56. The first kappa shape index (κ1) is 12.2. The Bertz CT molecular complexity index is 269. The molecular formula is C11H22N4. The zero-order valence-corrected chi connectivity index (χ0v) is 9.82. The van der Waals surface area contributed by atoms with E-state index < -0.39 is 0 Å². The lowest BCUT2D eigenvalue weighted by Gasteiger charge is -2.12. The van der Waals surface area contributed by atoms with Crippen LogP contribution in [-0.4, -0.2) is 21.3 Å². The molecule has 1 unspecified atom stereocenters. The van der Waals surface area contributed by atoms with E-state index in [9.17, 15) is 0 Å². The largest absolute Gasteiger partial charge is 0.330 e. The van der Waals surface area contributed by atoms with Crippen LogP contribution in [0.3, 0.4) is 0 Å². The van der Waals surface area contributed by atoms with Gasteiger partial charge in [0.1, 0.15) is 12.2 Å². The van der Waals surface area contributed by atoms with Gasteiger partial charge in [0.2, 0.25) is 0 Å². The van der Waals surface area contributed by atoms with Crippen molar-refractivity contribution in [2.75, 3.05) is 6.54 Å². The van der Waals surface area contributed by atoms with Crippen molar-refractivity contribution in [1.29, 1.82) is 0 Å². The zero-order chi connectivity index (χ0) is 11.1. The summed E-state index contributed by atoms with van der Waals surface area (Å²) in [6.45, 7) is 6.02. The normalized spacial score (nSPS) is 13.0. The quantitative estimate of drug-likeness (QED) is 0.743. The molecule has 1 heterocycles. The van der Waals surface area contributed by atoms with Crippen LogP contribution >= 0.6 is 0 Å². The van der Waals surface area contributed by atoms with Crippen LogP contribution in [0.5, 0.6) is 0 Å². The lowest BCUT2D eigenvalue weighted by atomic mass is 9.96. The Morgan fingerprint density at radius 1 is 1.40 bits per heavy atom. The third-order valence-corrected chi connectivity index (χ3v) is 2.92. The van der Waals surface area contributed by atoms with E-state index in [1.54, 1.807) is 6.33 Å². The highest BCUT2D eigenvalue weighted by Gasteiger charge is 2.08. The van der Waals surface area contributed by atoms with E-state index in [0.29, 0.717) is 0 Å². The minimum atomic E-state index is 0.733. The molecule has 0 bridgehead atoms. The van der Waals surface area contributed by atoms with Crippen LogP contribution in [0, 0.1) is 5.92 Å². The van der Waals surface area contributed by atoms with Gasteiger partial charge in [0.05, 0.1) is 0 Å². The van der Waals surface area contributed by atoms with Crippen molar-refractivity contribution in [3.05, 3.63) is 12.2 Å². The molecule has 2 N–H and O–H groups in total. The van der Waals surface area contributed by atoms with Gasteiger partial charge in [-0.1, -0.05) is 13.3 Å². The summed E-state index contributed by atoms with van der Waals surface area (Å²) in [6.07, 6.45) is 6.16. The number of rotatable bonds is 7. The van der Waals surface area contributed by atoms with Gasteiger partial charge < -0.3 is 5.73 Å². The molecule has 1 aromatic rings. The van der Waals surface area contributed by atoms with E-state index in [1.807, 2.05) is 4.68 Å². The Morgan fingerprint density at radius 3 is 2.80 bits per heavy atom. The summed E-state index contributed by atoms with van der Waals surface area (Å²) in [5, 5.41) is 4.17. The van der Waals surface area contributed by atoms with Crippen LogP contribution in [0.1, 0.15) is 38.9 Å². The topological polar surface area (TPSA) is 56.7 Å². The molecular weight excluding hydrogens is 188 g/mol. The molecule has 1 atom stereocenters. The van der Waals surface area contributed by atoms with E-state index in [4.69, 9.17) is 5.73 Å². The summed E-state index contributed by atoms with van der Waals surface area (Å²) in [5.41, 5.74) is 5.58. The third-order valence-electron chi connectivity index (χ3n) is 2.92.